The first-order valence-electron chi connectivity index (χ1n) is 5.71. The van der Waals surface area contributed by atoms with E-state index in [1.54, 1.807) is 6.20 Å². The molecule has 1 aromatic carbocycles. The number of nitrogens with zero attached hydrogens (tertiary/aromatic N) is 2. The number of hydrogen-bond donors (Lipinski definition) is 2. The van der Waals surface area contributed by atoms with E-state index in [9.17, 15) is 9.18 Å². The van der Waals surface area contributed by atoms with Crippen molar-refractivity contribution in [3.63, 3.8) is 0 Å². The maximum absolute atomic E-state index is 12.8. The molecule has 1 amide bonds. The standard InChI is InChI=1S/C13H9FN4OS/c14-7-1-3-8(4-2-7)18-12(19)11-9(15)10-13(20-11)17-6-5-16-10/h1-6H,15H2,(H,18,19). The first-order valence-corrected chi connectivity index (χ1v) is 6.52. The first kappa shape index (κ1) is 12.5. The summed E-state index contributed by atoms with van der Waals surface area (Å²) in [5, 5.41) is 2.66. The van der Waals surface area contributed by atoms with Crippen molar-refractivity contribution in [3.05, 3.63) is 47.4 Å². The fourth-order valence-electron chi connectivity index (χ4n) is 1.73. The minimum atomic E-state index is -0.363. The Morgan fingerprint density at radius 3 is 2.60 bits per heavy atom. The van der Waals surface area contributed by atoms with Gasteiger partial charge >= 0.3 is 0 Å². The highest BCUT2D eigenvalue weighted by Gasteiger charge is 2.17. The number of nitrogens with two attached hydrogens (primary N) is 1. The summed E-state index contributed by atoms with van der Waals surface area (Å²) in [6.07, 6.45) is 3.06. The van der Waals surface area contributed by atoms with Crippen LogP contribution in [0, 0.1) is 5.82 Å². The summed E-state index contributed by atoms with van der Waals surface area (Å²) in [5.41, 5.74) is 7.22. The van der Waals surface area contributed by atoms with Crippen LogP contribution in [0.1, 0.15) is 9.67 Å². The molecule has 0 saturated carbocycles. The Morgan fingerprint density at radius 2 is 1.90 bits per heavy atom. The van der Waals surface area contributed by atoms with Crippen LogP contribution in [-0.2, 0) is 0 Å². The van der Waals surface area contributed by atoms with Crippen LogP contribution < -0.4 is 11.1 Å². The molecule has 0 unspecified atom stereocenters. The number of nitrogen functional groups attached to an aromatic ring is 1. The number of aromatic nitrogens is 2. The molecule has 5 nitrogen and oxygen atoms in total. The zero-order valence-corrected chi connectivity index (χ0v) is 10.9. The van der Waals surface area contributed by atoms with Crippen LogP contribution in [0.5, 0.6) is 0 Å². The SMILES string of the molecule is Nc1c(C(=O)Nc2ccc(F)cc2)sc2nccnc12. The molecule has 3 N–H and O–H groups in total. The normalized spacial score (nSPS) is 10.7. The zero-order valence-electron chi connectivity index (χ0n) is 10.1. The van der Waals surface area contributed by atoms with Crippen LogP contribution >= 0.6 is 11.3 Å². The number of carbonyl (C=O) groups is 1. The van der Waals surface area contributed by atoms with Gasteiger partial charge in [0.1, 0.15) is 21.0 Å². The number of anilines is 2. The molecule has 0 bridgehead atoms. The van der Waals surface area contributed by atoms with Crippen molar-refractivity contribution in [1.82, 2.24) is 9.97 Å². The van der Waals surface area contributed by atoms with Crippen molar-refractivity contribution in [2.75, 3.05) is 11.1 Å². The van der Waals surface area contributed by atoms with Gasteiger partial charge in [0.25, 0.3) is 5.91 Å². The molecule has 0 aliphatic carbocycles. The van der Waals surface area contributed by atoms with Crippen molar-refractivity contribution in [2.45, 2.75) is 0 Å². The molecule has 0 radical (unpaired) electrons. The van der Waals surface area contributed by atoms with Gasteiger partial charge in [0.05, 0.1) is 5.69 Å². The molecule has 0 aliphatic rings. The molecule has 0 fully saturated rings. The van der Waals surface area contributed by atoms with Gasteiger partial charge in [0, 0.05) is 18.1 Å². The first-order chi connectivity index (χ1) is 9.65. The Kier molecular flexibility index (Phi) is 3.03. The fourth-order valence-corrected chi connectivity index (χ4v) is 2.65. The molecule has 0 atom stereocenters. The summed E-state index contributed by atoms with van der Waals surface area (Å²) in [4.78, 5) is 21.3. The highest BCUT2D eigenvalue weighted by atomic mass is 32.1. The number of carbonyl (C=O) groups excluding carboxylic acids is 1. The maximum Gasteiger partial charge on any atom is 0.268 e. The second-order valence-corrected chi connectivity index (χ2v) is 5.02. The van der Waals surface area contributed by atoms with Crippen molar-refractivity contribution in [1.29, 1.82) is 0 Å². The van der Waals surface area contributed by atoms with Gasteiger partial charge in [0.15, 0.2) is 0 Å². The van der Waals surface area contributed by atoms with E-state index in [2.05, 4.69) is 15.3 Å². The Bertz CT molecular complexity index is 785. The lowest BCUT2D eigenvalue weighted by Crippen LogP contribution is -2.11. The van der Waals surface area contributed by atoms with E-state index in [0.717, 1.165) is 0 Å². The van der Waals surface area contributed by atoms with Crippen molar-refractivity contribution in [3.8, 4) is 0 Å². The van der Waals surface area contributed by atoms with Gasteiger partial charge < -0.3 is 11.1 Å². The van der Waals surface area contributed by atoms with Gasteiger partial charge in [-0.3, -0.25) is 4.79 Å². The highest BCUT2D eigenvalue weighted by Crippen LogP contribution is 2.30. The molecule has 20 heavy (non-hydrogen) atoms. The van der Waals surface area contributed by atoms with Crippen LogP contribution in [0.15, 0.2) is 36.7 Å². The second kappa shape index (κ2) is 4.86. The van der Waals surface area contributed by atoms with E-state index in [1.165, 1.54) is 41.8 Å². The van der Waals surface area contributed by atoms with Crippen LogP contribution in [0.3, 0.4) is 0 Å². The van der Waals surface area contributed by atoms with Crippen molar-refractivity contribution < 1.29 is 9.18 Å². The lowest BCUT2D eigenvalue weighted by molar-refractivity contribution is 0.103. The third-order valence-corrected chi connectivity index (χ3v) is 3.77. The van der Waals surface area contributed by atoms with Crippen LogP contribution in [0.25, 0.3) is 10.3 Å². The minimum Gasteiger partial charge on any atom is -0.396 e. The molecule has 3 aromatic rings. The van der Waals surface area contributed by atoms with E-state index in [-0.39, 0.29) is 11.7 Å². The lowest BCUT2D eigenvalue weighted by atomic mass is 10.3. The predicted octanol–water partition coefficient (Wildman–Crippen LogP) is 2.66. The number of hydrogen-bond acceptors (Lipinski definition) is 5. The number of benzene rings is 1. The van der Waals surface area contributed by atoms with Crippen molar-refractivity contribution in [2.24, 2.45) is 0 Å². The Labute approximate surface area is 117 Å². The van der Waals surface area contributed by atoms with Gasteiger partial charge in [-0.1, -0.05) is 0 Å². The number of rotatable bonds is 2. The molecule has 2 aromatic heterocycles. The minimum absolute atomic E-state index is 0.303. The van der Waals surface area contributed by atoms with E-state index in [4.69, 9.17) is 5.73 Å². The van der Waals surface area contributed by atoms with Crippen molar-refractivity contribution >= 4 is 39.0 Å². The fraction of sp³-hybridized carbons (Fsp3) is 0. The molecular formula is C13H9FN4OS. The molecule has 3 rings (SSSR count). The number of fused-ring (bicyclic) bond motifs is 1. The summed E-state index contributed by atoms with van der Waals surface area (Å²) >= 11 is 1.17. The molecule has 100 valence electrons. The van der Waals surface area contributed by atoms with Gasteiger partial charge in [-0.25, -0.2) is 14.4 Å². The average molecular weight is 288 g/mol. The predicted molar refractivity (Wildman–Crippen MR) is 76.2 cm³/mol. The quantitative estimate of drug-likeness (QED) is 0.759. The Balaban J connectivity index is 1.92. The lowest BCUT2D eigenvalue weighted by Gasteiger charge is -2.03. The third kappa shape index (κ3) is 2.19. The van der Waals surface area contributed by atoms with Crippen LogP contribution in [-0.4, -0.2) is 15.9 Å². The topological polar surface area (TPSA) is 80.9 Å². The highest BCUT2D eigenvalue weighted by molar-refractivity contribution is 7.21. The summed E-state index contributed by atoms with van der Waals surface area (Å²) < 4.78 is 12.8. The second-order valence-electron chi connectivity index (χ2n) is 4.02. The third-order valence-electron chi connectivity index (χ3n) is 2.67. The summed E-state index contributed by atoms with van der Waals surface area (Å²) in [6.45, 7) is 0. The van der Waals surface area contributed by atoms with E-state index < -0.39 is 0 Å². The van der Waals surface area contributed by atoms with Gasteiger partial charge in [-0.2, -0.15) is 0 Å². The summed E-state index contributed by atoms with van der Waals surface area (Å²) in [7, 11) is 0. The number of amides is 1. The summed E-state index contributed by atoms with van der Waals surface area (Å²) in [5.74, 6) is -0.725. The van der Waals surface area contributed by atoms with Crippen LogP contribution in [0.2, 0.25) is 0 Å². The van der Waals surface area contributed by atoms with E-state index in [1.807, 2.05) is 0 Å². The van der Waals surface area contributed by atoms with Crippen LogP contribution in [0.4, 0.5) is 15.8 Å². The zero-order chi connectivity index (χ0) is 14.1. The van der Waals surface area contributed by atoms with Gasteiger partial charge in [-0.05, 0) is 24.3 Å². The molecule has 2 heterocycles. The Hall–Kier alpha value is -2.54. The molecule has 0 saturated heterocycles. The number of halogens is 1. The van der Waals surface area contributed by atoms with E-state index in [0.29, 0.717) is 26.6 Å². The van der Waals surface area contributed by atoms with Gasteiger partial charge in [0.2, 0.25) is 0 Å². The monoisotopic (exact) mass is 288 g/mol. The van der Waals surface area contributed by atoms with Gasteiger partial charge in [-0.15, -0.1) is 11.3 Å². The molecule has 0 aliphatic heterocycles. The summed E-state index contributed by atoms with van der Waals surface area (Å²) in [6, 6.07) is 5.50. The number of nitrogens with one attached hydrogen (secondary N) is 1. The number of thiophene rings is 1. The Morgan fingerprint density at radius 1 is 1.20 bits per heavy atom. The molecular weight excluding hydrogens is 279 g/mol. The maximum atomic E-state index is 12.8. The van der Waals surface area contributed by atoms with E-state index >= 15 is 0 Å². The average Bonchev–Trinajstić information content (AvgIpc) is 2.79. The largest absolute Gasteiger partial charge is 0.396 e. The molecule has 0 spiro atoms. The molecule has 7 heteroatoms. The smallest absolute Gasteiger partial charge is 0.268 e.